The monoisotopic (exact) mass is 458 g/mol. The highest BCUT2D eigenvalue weighted by Gasteiger charge is 2.55. The second-order valence-corrected chi connectivity index (χ2v) is 9.01. The molecule has 0 radical (unpaired) electrons. The van der Waals surface area contributed by atoms with Gasteiger partial charge >= 0.3 is 5.97 Å². The third-order valence-corrected chi connectivity index (χ3v) is 7.13. The maximum Gasteiger partial charge on any atom is 0.352 e. The Morgan fingerprint density at radius 1 is 0.970 bits per heavy atom. The first-order valence-electron chi connectivity index (χ1n) is 10.9. The molecule has 0 heterocycles. The van der Waals surface area contributed by atoms with Crippen LogP contribution in [0.5, 0.6) is 0 Å². The van der Waals surface area contributed by atoms with Crippen molar-refractivity contribution in [2.24, 2.45) is 0 Å². The van der Waals surface area contributed by atoms with E-state index in [1.165, 1.54) is 0 Å². The van der Waals surface area contributed by atoms with E-state index in [1.807, 2.05) is 72.8 Å². The summed E-state index contributed by atoms with van der Waals surface area (Å²) >= 11 is 6.78. The summed E-state index contributed by atoms with van der Waals surface area (Å²) in [6.07, 6.45) is 1.63. The van der Waals surface area contributed by atoms with E-state index >= 15 is 0 Å². The van der Waals surface area contributed by atoms with Gasteiger partial charge in [0.05, 0.1) is 5.92 Å². The van der Waals surface area contributed by atoms with E-state index in [1.54, 1.807) is 6.08 Å². The molecule has 4 nitrogen and oxygen atoms in total. The molecular formula is C28H23ClO4. The first-order valence-corrected chi connectivity index (χ1v) is 11.4. The quantitative estimate of drug-likeness (QED) is 0.196. The molecule has 0 amide bonds. The average Bonchev–Trinajstić information content (AvgIpc) is 3.33. The van der Waals surface area contributed by atoms with Gasteiger partial charge in [0, 0.05) is 22.9 Å². The maximum absolute atomic E-state index is 14.0. The molecule has 2 aliphatic carbocycles. The Bertz CT molecular complexity index is 1180. The lowest BCUT2D eigenvalue weighted by molar-refractivity contribution is -0.181. The standard InChI is InChI=1S/C28H23ClO4/c1-2-15-28(32-17-30,25-19-10-4-3-9-18(19)16-24(25)29)27(31)33-26-22-13-7-5-11-20(22)21-12-6-8-14-23(21)26/h2-14,17,24-26H,1,15-16H2. The highest BCUT2D eigenvalue weighted by Crippen LogP contribution is 2.50. The minimum Gasteiger partial charge on any atom is -0.450 e. The number of carbonyl (C=O) groups is 2. The minimum absolute atomic E-state index is 0.0861. The molecule has 3 atom stereocenters. The van der Waals surface area contributed by atoms with E-state index < -0.39 is 29.0 Å². The molecule has 0 spiro atoms. The zero-order chi connectivity index (χ0) is 23.0. The van der Waals surface area contributed by atoms with E-state index in [0.717, 1.165) is 33.4 Å². The van der Waals surface area contributed by atoms with Gasteiger partial charge in [-0.3, -0.25) is 4.79 Å². The Labute approximate surface area is 197 Å². The Morgan fingerprint density at radius 3 is 2.15 bits per heavy atom. The van der Waals surface area contributed by atoms with Crippen molar-refractivity contribution in [3.05, 3.63) is 108 Å². The number of rotatable bonds is 7. The molecule has 3 aromatic rings. The summed E-state index contributed by atoms with van der Waals surface area (Å²) < 4.78 is 11.8. The number of esters is 1. The van der Waals surface area contributed by atoms with E-state index in [-0.39, 0.29) is 6.42 Å². The van der Waals surface area contributed by atoms with Crippen molar-refractivity contribution in [3.8, 4) is 11.1 Å². The first-order chi connectivity index (χ1) is 16.1. The second kappa shape index (κ2) is 8.53. The van der Waals surface area contributed by atoms with Crippen LogP contribution in [0.15, 0.2) is 85.5 Å². The van der Waals surface area contributed by atoms with Crippen LogP contribution in [0, 0.1) is 0 Å². The number of benzene rings is 3. The minimum atomic E-state index is -1.62. The van der Waals surface area contributed by atoms with E-state index in [2.05, 4.69) is 6.58 Å². The van der Waals surface area contributed by atoms with Crippen LogP contribution in [-0.2, 0) is 25.5 Å². The van der Waals surface area contributed by atoms with E-state index in [4.69, 9.17) is 21.1 Å². The predicted molar refractivity (Wildman–Crippen MR) is 127 cm³/mol. The average molecular weight is 459 g/mol. The van der Waals surface area contributed by atoms with Gasteiger partial charge in [-0.25, -0.2) is 4.79 Å². The molecule has 0 bridgehead atoms. The summed E-state index contributed by atoms with van der Waals surface area (Å²) in [6, 6.07) is 23.5. The van der Waals surface area contributed by atoms with Crippen molar-refractivity contribution >= 4 is 24.0 Å². The van der Waals surface area contributed by atoms with Crippen molar-refractivity contribution in [1.82, 2.24) is 0 Å². The SMILES string of the molecule is C=CCC(OC=O)(C(=O)OC1c2ccccc2-c2ccccc21)C1c2ccccc2CC1Cl. The smallest absolute Gasteiger partial charge is 0.352 e. The molecule has 3 unspecified atom stereocenters. The molecule has 0 aliphatic heterocycles. The van der Waals surface area contributed by atoms with Crippen LogP contribution in [-0.4, -0.2) is 23.4 Å². The summed E-state index contributed by atoms with van der Waals surface area (Å²) in [5.41, 5.74) is 4.17. The number of hydrogen-bond acceptors (Lipinski definition) is 4. The first kappa shape index (κ1) is 21.5. The summed E-state index contributed by atoms with van der Waals surface area (Å²) in [5.74, 6) is -1.18. The third kappa shape index (κ3) is 3.37. The number of hydrogen-bond donors (Lipinski definition) is 0. The molecule has 2 aliphatic rings. The van der Waals surface area contributed by atoms with Crippen molar-refractivity contribution in [2.75, 3.05) is 0 Å². The number of halogens is 1. The van der Waals surface area contributed by atoms with Crippen LogP contribution < -0.4 is 0 Å². The van der Waals surface area contributed by atoms with Crippen LogP contribution in [0.3, 0.4) is 0 Å². The lowest BCUT2D eigenvalue weighted by Gasteiger charge is -2.37. The lowest BCUT2D eigenvalue weighted by atomic mass is 9.80. The van der Waals surface area contributed by atoms with Crippen molar-refractivity contribution in [1.29, 1.82) is 0 Å². The highest BCUT2D eigenvalue weighted by molar-refractivity contribution is 6.22. The molecule has 0 fully saturated rings. The molecular weight excluding hydrogens is 436 g/mol. The van der Waals surface area contributed by atoms with Gasteiger partial charge in [0.15, 0.2) is 6.10 Å². The molecule has 5 heteroatoms. The van der Waals surface area contributed by atoms with Crippen LogP contribution in [0.2, 0.25) is 0 Å². The summed E-state index contributed by atoms with van der Waals surface area (Å²) in [4.78, 5) is 25.7. The maximum atomic E-state index is 14.0. The van der Waals surface area contributed by atoms with Gasteiger partial charge in [0.1, 0.15) is 0 Å². The van der Waals surface area contributed by atoms with Gasteiger partial charge in [0.25, 0.3) is 6.47 Å². The Kier molecular flexibility index (Phi) is 5.55. The van der Waals surface area contributed by atoms with Crippen LogP contribution >= 0.6 is 11.6 Å². The normalized spacial score (nSPS) is 20.2. The number of alkyl halides is 1. The molecule has 5 rings (SSSR count). The summed E-state index contributed by atoms with van der Waals surface area (Å²) in [6.45, 7) is 4.13. The number of carbonyl (C=O) groups excluding carboxylic acids is 2. The topological polar surface area (TPSA) is 52.6 Å². The zero-order valence-electron chi connectivity index (χ0n) is 17.9. The fourth-order valence-corrected chi connectivity index (χ4v) is 5.85. The van der Waals surface area contributed by atoms with Crippen LogP contribution in [0.25, 0.3) is 11.1 Å². The highest BCUT2D eigenvalue weighted by atomic mass is 35.5. The number of ether oxygens (including phenoxy) is 2. The van der Waals surface area contributed by atoms with Gasteiger partial charge in [-0.15, -0.1) is 18.2 Å². The third-order valence-electron chi connectivity index (χ3n) is 6.72. The predicted octanol–water partition coefficient (Wildman–Crippen LogP) is 5.73. The van der Waals surface area contributed by atoms with Crippen molar-refractivity contribution in [2.45, 2.75) is 35.8 Å². The Balaban J connectivity index is 1.59. The molecule has 0 aromatic heterocycles. The Hall–Kier alpha value is -3.37. The van der Waals surface area contributed by atoms with E-state index in [9.17, 15) is 9.59 Å². The van der Waals surface area contributed by atoms with Gasteiger partial charge in [-0.1, -0.05) is 78.9 Å². The fraction of sp³-hybridized carbons (Fsp3) is 0.214. The molecule has 3 aromatic carbocycles. The molecule has 0 saturated heterocycles. The lowest BCUT2D eigenvalue weighted by Crippen LogP contribution is -2.50. The number of fused-ring (bicyclic) bond motifs is 4. The molecule has 0 N–H and O–H groups in total. The van der Waals surface area contributed by atoms with Gasteiger partial charge in [-0.05, 0) is 28.7 Å². The molecule has 33 heavy (non-hydrogen) atoms. The second-order valence-electron chi connectivity index (χ2n) is 8.45. The Morgan fingerprint density at radius 2 is 1.55 bits per heavy atom. The van der Waals surface area contributed by atoms with Crippen molar-refractivity contribution in [3.63, 3.8) is 0 Å². The van der Waals surface area contributed by atoms with Gasteiger partial charge in [0.2, 0.25) is 5.60 Å². The van der Waals surface area contributed by atoms with Crippen LogP contribution in [0.1, 0.15) is 40.7 Å². The largest absolute Gasteiger partial charge is 0.450 e. The van der Waals surface area contributed by atoms with E-state index in [0.29, 0.717) is 12.9 Å². The zero-order valence-corrected chi connectivity index (χ0v) is 18.7. The molecule has 0 saturated carbocycles. The van der Waals surface area contributed by atoms with Gasteiger partial charge in [-0.2, -0.15) is 0 Å². The van der Waals surface area contributed by atoms with Crippen LogP contribution in [0.4, 0.5) is 0 Å². The van der Waals surface area contributed by atoms with Crippen molar-refractivity contribution < 1.29 is 19.1 Å². The van der Waals surface area contributed by atoms with Gasteiger partial charge < -0.3 is 9.47 Å². The molecule has 166 valence electrons. The fourth-order valence-electron chi connectivity index (χ4n) is 5.34. The summed E-state index contributed by atoms with van der Waals surface area (Å²) in [5, 5.41) is -0.432. The summed E-state index contributed by atoms with van der Waals surface area (Å²) in [7, 11) is 0.